The molecule has 1 N–H and O–H groups in total. The standard InChI is InChI=1S/C16H19NO2/c18-15-7-3-6-12-10-13(8-9-14(12)17-15)16(19)11-4-1-2-5-11/h8-11H,1-7H2,(H,17,18). The Kier molecular flexibility index (Phi) is 3.36. The molecule has 0 saturated heterocycles. The first-order valence-corrected chi connectivity index (χ1v) is 7.21. The first kappa shape index (κ1) is 12.4. The quantitative estimate of drug-likeness (QED) is 0.826. The second kappa shape index (κ2) is 5.16. The molecule has 1 aromatic rings. The molecule has 19 heavy (non-hydrogen) atoms. The number of amides is 1. The number of fused-ring (bicyclic) bond motifs is 1. The van der Waals surface area contributed by atoms with E-state index in [1.54, 1.807) is 0 Å². The molecule has 1 saturated carbocycles. The number of anilines is 1. The van der Waals surface area contributed by atoms with Crippen LogP contribution in [-0.4, -0.2) is 11.7 Å². The molecule has 100 valence electrons. The molecular formula is C16H19NO2. The Morgan fingerprint density at radius 3 is 2.68 bits per heavy atom. The lowest BCUT2D eigenvalue weighted by molar-refractivity contribution is -0.116. The number of benzene rings is 1. The van der Waals surface area contributed by atoms with Gasteiger partial charge in [0, 0.05) is 23.6 Å². The van der Waals surface area contributed by atoms with E-state index < -0.39 is 0 Å². The fourth-order valence-corrected chi connectivity index (χ4v) is 3.15. The fraction of sp³-hybridized carbons (Fsp3) is 0.500. The summed E-state index contributed by atoms with van der Waals surface area (Å²) in [7, 11) is 0. The van der Waals surface area contributed by atoms with Crippen molar-refractivity contribution in [2.45, 2.75) is 44.9 Å². The number of hydrogen-bond acceptors (Lipinski definition) is 2. The highest BCUT2D eigenvalue weighted by Crippen LogP contribution is 2.30. The van der Waals surface area contributed by atoms with E-state index in [9.17, 15) is 9.59 Å². The Balaban J connectivity index is 1.86. The summed E-state index contributed by atoms with van der Waals surface area (Å²) in [5.41, 5.74) is 2.81. The average molecular weight is 257 g/mol. The monoisotopic (exact) mass is 257 g/mol. The van der Waals surface area contributed by atoms with Crippen molar-refractivity contribution in [3.8, 4) is 0 Å². The summed E-state index contributed by atoms with van der Waals surface area (Å²) in [6, 6.07) is 5.74. The van der Waals surface area contributed by atoms with Gasteiger partial charge in [0.1, 0.15) is 0 Å². The van der Waals surface area contributed by atoms with Crippen molar-refractivity contribution in [2.24, 2.45) is 5.92 Å². The summed E-state index contributed by atoms with van der Waals surface area (Å²) >= 11 is 0. The largest absolute Gasteiger partial charge is 0.326 e. The van der Waals surface area contributed by atoms with Gasteiger partial charge in [-0.3, -0.25) is 9.59 Å². The number of aryl methyl sites for hydroxylation is 1. The van der Waals surface area contributed by atoms with Gasteiger partial charge in [-0.05, 0) is 49.4 Å². The van der Waals surface area contributed by atoms with Crippen molar-refractivity contribution in [1.82, 2.24) is 0 Å². The number of rotatable bonds is 2. The van der Waals surface area contributed by atoms with Gasteiger partial charge in [-0.2, -0.15) is 0 Å². The van der Waals surface area contributed by atoms with Crippen LogP contribution in [0, 0.1) is 5.92 Å². The topological polar surface area (TPSA) is 46.2 Å². The van der Waals surface area contributed by atoms with Crippen molar-refractivity contribution < 1.29 is 9.59 Å². The Hall–Kier alpha value is -1.64. The fourth-order valence-electron chi connectivity index (χ4n) is 3.15. The van der Waals surface area contributed by atoms with Crippen LogP contribution in [0.2, 0.25) is 0 Å². The second-order valence-corrected chi connectivity index (χ2v) is 5.62. The third-order valence-electron chi connectivity index (χ3n) is 4.24. The van der Waals surface area contributed by atoms with E-state index >= 15 is 0 Å². The van der Waals surface area contributed by atoms with Crippen LogP contribution in [0.4, 0.5) is 5.69 Å². The zero-order chi connectivity index (χ0) is 13.2. The predicted octanol–water partition coefficient (Wildman–Crippen LogP) is 3.33. The highest BCUT2D eigenvalue weighted by molar-refractivity contribution is 5.99. The number of carbonyl (C=O) groups excluding carboxylic acids is 2. The van der Waals surface area contributed by atoms with Gasteiger partial charge in [0.05, 0.1) is 0 Å². The van der Waals surface area contributed by atoms with Gasteiger partial charge in [0.15, 0.2) is 5.78 Å². The summed E-state index contributed by atoms with van der Waals surface area (Å²) in [5.74, 6) is 0.586. The molecule has 1 aliphatic heterocycles. The molecule has 3 heteroatoms. The van der Waals surface area contributed by atoms with E-state index in [1.165, 1.54) is 12.8 Å². The predicted molar refractivity (Wildman–Crippen MR) is 74.3 cm³/mol. The Labute approximate surface area is 113 Å². The van der Waals surface area contributed by atoms with Gasteiger partial charge < -0.3 is 5.32 Å². The molecule has 1 aliphatic carbocycles. The average Bonchev–Trinajstić information content (AvgIpc) is 2.87. The molecule has 1 heterocycles. The molecule has 1 fully saturated rings. The van der Waals surface area contributed by atoms with E-state index in [2.05, 4.69) is 5.32 Å². The van der Waals surface area contributed by atoms with Crippen LogP contribution >= 0.6 is 0 Å². The molecule has 0 radical (unpaired) electrons. The van der Waals surface area contributed by atoms with Crippen LogP contribution in [0.3, 0.4) is 0 Å². The smallest absolute Gasteiger partial charge is 0.224 e. The zero-order valence-electron chi connectivity index (χ0n) is 11.1. The summed E-state index contributed by atoms with van der Waals surface area (Å²) in [5, 5.41) is 2.91. The van der Waals surface area contributed by atoms with Crippen LogP contribution in [0.5, 0.6) is 0 Å². The molecule has 2 aliphatic rings. The number of Topliss-reactive ketones (excluding diaryl/α,β-unsaturated/α-hetero) is 1. The maximum Gasteiger partial charge on any atom is 0.224 e. The molecule has 1 aromatic carbocycles. The summed E-state index contributed by atoms with van der Waals surface area (Å²) in [6.07, 6.45) is 6.73. The normalized spacial score (nSPS) is 19.7. The minimum Gasteiger partial charge on any atom is -0.326 e. The summed E-state index contributed by atoms with van der Waals surface area (Å²) in [6.45, 7) is 0. The Bertz CT molecular complexity index is 515. The lowest BCUT2D eigenvalue weighted by atomic mass is 9.94. The van der Waals surface area contributed by atoms with Gasteiger partial charge in [-0.15, -0.1) is 0 Å². The number of hydrogen-bond donors (Lipinski definition) is 1. The molecule has 0 aromatic heterocycles. The lowest BCUT2D eigenvalue weighted by Crippen LogP contribution is -2.12. The summed E-state index contributed by atoms with van der Waals surface area (Å²) in [4.78, 5) is 23.9. The first-order valence-electron chi connectivity index (χ1n) is 7.21. The molecule has 0 unspecified atom stereocenters. The minimum absolute atomic E-state index is 0.0774. The van der Waals surface area contributed by atoms with Crippen molar-refractivity contribution >= 4 is 17.4 Å². The van der Waals surface area contributed by atoms with Crippen LogP contribution in [0.15, 0.2) is 18.2 Å². The van der Waals surface area contributed by atoms with Crippen molar-refractivity contribution in [3.63, 3.8) is 0 Å². The van der Waals surface area contributed by atoms with Gasteiger partial charge in [-0.25, -0.2) is 0 Å². The Morgan fingerprint density at radius 2 is 1.89 bits per heavy atom. The lowest BCUT2D eigenvalue weighted by Gasteiger charge is -2.11. The highest BCUT2D eigenvalue weighted by atomic mass is 16.1. The van der Waals surface area contributed by atoms with E-state index in [-0.39, 0.29) is 17.6 Å². The maximum absolute atomic E-state index is 12.4. The molecule has 3 nitrogen and oxygen atoms in total. The van der Waals surface area contributed by atoms with Crippen molar-refractivity contribution in [2.75, 3.05) is 5.32 Å². The van der Waals surface area contributed by atoms with Gasteiger partial charge in [0.25, 0.3) is 0 Å². The third-order valence-corrected chi connectivity index (χ3v) is 4.24. The van der Waals surface area contributed by atoms with Gasteiger partial charge in [0.2, 0.25) is 5.91 Å². The van der Waals surface area contributed by atoms with E-state index in [0.717, 1.165) is 42.5 Å². The Morgan fingerprint density at radius 1 is 1.11 bits per heavy atom. The van der Waals surface area contributed by atoms with Crippen molar-refractivity contribution in [1.29, 1.82) is 0 Å². The molecular weight excluding hydrogens is 238 g/mol. The molecule has 0 bridgehead atoms. The second-order valence-electron chi connectivity index (χ2n) is 5.62. The highest BCUT2D eigenvalue weighted by Gasteiger charge is 2.24. The van der Waals surface area contributed by atoms with Gasteiger partial charge >= 0.3 is 0 Å². The van der Waals surface area contributed by atoms with Crippen LogP contribution in [0.1, 0.15) is 54.4 Å². The molecule has 0 atom stereocenters. The molecule has 0 spiro atoms. The van der Waals surface area contributed by atoms with E-state index in [4.69, 9.17) is 0 Å². The third kappa shape index (κ3) is 2.55. The first-order chi connectivity index (χ1) is 9.24. The minimum atomic E-state index is 0.0774. The number of nitrogens with one attached hydrogen (secondary N) is 1. The van der Waals surface area contributed by atoms with Crippen LogP contribution in [0.25, 0.3) is 0 Å². The number of carbonyl (C=O) groups is 2. The molecule has 3 rings (SSSR count). The van der Waals surface area contributed by atoms with E-state index in [0.29, 0.717) is 6.42 Å². The molecule has 1 amide bonds. The zero-order valence-corrected chi connectivity index (χ0v) is 11.1. The summed E-state index contributed by atoms with van der Waals surface area (Å²) < 4.78 is 0. The van der Waals surface area contributed by atoms with Crippen molar-refractivity contribution in [3.05, 3.63) is 29.3 Å². The van der Waals surface area contributed by atoms with Crippen LogP contribution in [-0.2, 0) is 11.2 Å². The SMILES string of the molecule is O=C1CCCc2cc(C(=O)C3CCCC3)ccc2N1. The van der Waals surface area contributed by atoms with Gasteiger partial charge in [-0.1, -0.05) is 12.8 Å². The van der Waals surface area contributed by atoms with E-state index in [1.807, 2.05) is 18.2 Å². The van der Waals surface area contributed by atoms with Crippen LogP contribution < -0.4 is 5.32 Å². The maximum atomic E-state index is 12.4. The number of ketones is 1.